The van der Waals surface area contributed by atoms with Crippen molar-refractivity contribution >= 4 is 43.3 Å². The maximum Gasteiger partial charge on any atom is 0.272 e. The van der Waals surface area contributed by atoms with Gasteiger partial charge in [-0.3, -0.25) is 18.6 Å². The SMILES string of the molecule is CC(C)Cn1c(=O)c2sccc2n2c(CCCC(=O)NCCc3ccc(S(N)(=O)=O)cc3)nnc12. The number of thiophene rings is 1. The highest BCUT2D eigenvalue weighted by Crippen LogP contribution is 2.21. The molecule has 0 bridgehead atoms. The summed E-state index contributed by atoms with van der Waals surface area (Å²) in [4.78, 5) is 25.3. The van der Waals surface area contributed by atoms with Gasteiger partial charge >= 0.3 is 0 Å². The summed E-state index contributed by atoms with van der Waals surface area (Å²) >= 11 is 1.41. The molecule has 0 radical (unpaired) electrons. The zero-order chi connectivity index (χ0) is 25.2. The van der Waals surface area contributed by atoms with Gasteiger partial charge in [-0.25, -0.2) is 13.6 Å². The molecule has 0 aliphatic carbocycles. The van der Waals surface area contributed by atoms with Crippen LogP contribution in [0, 0.1) is 5.92 Å². The third-order valence-electron chi connectivity index (χ3n) is 5.62. The number of benzene rings is 1. The second-order valence-electron chi connectivity index (χ2n) is 8.84. The minimum Gasteiger partial charge on any atom is -0.356 e. The molecule has 186 valence electrons. The van der Waals surface area contributed by atoms with Crippen molar-refractivity contribution in [2.45, 2.75) is 51.0 Å². The molecule has 35 heavy (non-hydrogen) atoms. The zero-order valence-electron chi connectivity index (χ0n) is 19.6. The van der Waals surface area contributed by atoms with Crippen LogP contribution in [-0.2, 0) is 34.2 Å². The highest BCUT2D eigenvalue weighted by molar-refractivity contribution is 7.89. The van der Waals surface area contributed by atoms with Crippen LogP contribution in [0.25, 0.3) is 16.0 Å². The molecular weight excluding hydrogens is 488 g/mol. The van der Waals surface area contributed by atoms with Crippen LogP contribution in [0.2, 0.25) is 0 Å². The fraction of sp³-hybridized carbons (Fsp3) is 0.391. The topological polar surface area (TPSA) is 141 Å². The molecule has 3 aromatic heterocycles. The average Bonchev–Trinajstić information content (AvgIpc) is 3.43. The van der Waals surface area contributed by atoms with Gasteiger partial charge < -0.3 is 5.32 Å². The van der Waals surface area contributed by atoms with Gasteiger partial charge in [-0.05, 0) is 47.9 Å². The van der Waals surface area contributed by atoms with Gasteiger partial charge in [-0.2, -0.15) is 0 Å². The number of nitrogens with two attached hydrogens (primary N) is 1. The number of aryl methyl sites for hydroxylation is 1. The van der Waals surface area contributed by atoms with Crippen molar-refractivity contribution in [3.05, 3.63) is 57.5 Å². The Labute approximate surface area is 206 Å². The first kappa shape index (κ1) is 25.0. The summed E-state index contributed by atoms with van der Waals surface area (Å²) in [7, 11) is -3.71. The van der Waals surface area contributed by atoms with Crippen molar-refractivity contribution in [3.63, 3.8) is 0 Å². The Balaban J connectivity index is 1.36. The quantitative estimate of drug-likeness (QED) is 0.331. The number of primary sulfonamides is 1. The number of hydrogen-bond donors (Lipinski definition) is 2. The second kappa shape index (κ2) is 10.3. The Hall–Kier alpha value is -3.09. The Morgan fingerprint density at radius 1 is 1.14 bits per heavy atom. The first-order valence-electron chi connectivity index (χ1n) is 11.4. The van der Waals surface area contributed by atoms with Crippen LogP contribution < -0.4 is 16.0 Å². The summed E-state index contributed by atoms with van der Waals surface area (Å²) in [6.45, 7) is 5.11. The number of carbonyl (C=O) groups excluding carboxylic acids is 1. The number of aromatic nitrogens is 4. The fourth-order valence-electron chi connectivity index (χ4n) is 3.96. The molecule has 0 aliphatic heterocycles. The molecule has 12 heteroatoms. The van der Waals surface area contributed by atoms with E-state index in [-0.39, 0.29) is 22.3 Å². The minimum absolute atomic E-state index is 0.0474. The van der Waals surface area contributed by atoms with E-state index in [2.05, 4.69) is 29.4 Å². The Morgan fingerprint density at radius 3 is 2.57 bits per heavy atom. The van der Waals surface area contributed by atoms with E-state index in [4.69, 9.17) is 5.14 Å². The fourth-order valence-corrected chi connectivity index (χ4v) is 5.30. The zero-order valence-corrected chi connectivity index (χ0v) is 21.2. The lowest BCUT2D eigenvalue weighted by Gasteiger charge is -2.11. The molecular formula is C23H28N6O4S2. The van der Waals surface area contributed by atoms with Crippen molar-refractivity contribution in [2.75, 3.05) is 6.54 Å². The largest absolute Gasteiger partial charge is 0.356 e. The van der Waals surface area contributed by atoms with E-state index in [1.54, 1.807) is 16.7 Å². The molecule has 0 unspecified atom stereocenters. The summed E-state index contributed by atoms with van der Waals surface area (Å²) in [6, 6.07) is 8.20. The first-order valence-corrected chi connectivity index (χ1v) is 13.8. The summed E-state index contributed by atoms with van der Waals surface area (Å²) in [5, 5.41) is 18.5. The summed E-state index contributed by atoms with van der Waals surface area (Å²) < 4.78 is 26.9. The highest BCUT2D eigenvalue weighted by Gasteiger charge is 2.18. The van der Waals surface area contributed by atoms with Crippen LogP contribution in [0.5, 0.6) is 0 Å². The van der Waals surface area contributed by atoms with E-state index in [0.717, 1.165) is 16.9 Å². The maximum absolute atomic E-state index is 12.9. The van der Waals surface area contributed by atoms with E-state index >= 15 is 0 Å². The molecule has 3 heterocycles. The number of rotatable bonds is 10. The first-order chi connectivity index (χ1) is 16.6. The van der Waals surface area contributed by atoms with E-state index < -0.39 is 10.0 Å². The van der Waals surface area contributed by atoms with Crippen molar-refractivity contribution in [3.8, 4) is 0 Å². The number of amides is 1. The number of fused-ring (bicyclic) bond motifs is 3. The number of sulfonamides is 1. The number of nitrogens with one attached hydrogen (secondary N) is 1. The summed E-state index contributed by atoms with van der Waals surface area (Å²) in [5.74, 6) is 1.47. The van der Waals surface area contributed by atoms with Crippen molar-refractivity contribution in [1.82, 2.24) is 24.5 Å². The second-order valence-corrected chi connectivity index (χ2v) is 11.3. The average molecular weight is 517 g/mol. The van der Waals surface area contributed by atoms with E-state index in [1.165, 1.54) is 23.5 Å². The molecule has 0 aliphatic rings. The third-order valence-corrected chi connectivity index (χ3v) is 7.44. The van der Waals surface area contributed by atoms with Gasteiger partial charge in [0.25, 0.3) is 5.56 Å². The Kier molecular flexibility index (Phi) is 7.33. The lowest BCUT2D eigenvalue weighted by molar-refractivity contribution is -0.121. The number of hydrogen-bond acceptors (Lipinski definition) is 7. The monoisotopic (exact) mass is 516 g/mol. The van der Waals surface area contributed by atoms with Crippen molar-refractivity contribution < 1.29 is 13.2 Å². The predicted molar refractivity (Wildman–Crippen MR) is 135 cm³/mol. The van der Waals surface area contributed by atoms with E-state index in [0.29, 0.717) is 49.3 Å². The van der Waals surface area contributed by atoms with Crippen molar-refractivity contribution in [2.24, 2.45) is 11.1 Å². The van der Waals surface area contributed by atoms with Crippen LogP contribution >= 0.6 is 11.3 Å². The molecule has 4 aromatic rings. The Bertz CT molecular complexity index is 1520. The molecule has 0 saturated heterocycles. The smallest absolute Gasteiger partial charge is 0.272 e. The number of nitrogens with zero attached hydrogens (tertiary/aromatic N) is 4. The molecule has 1 amide bonds. The van der Waals surface area contributed by atoms with Gasteiger partial charge in [0.05, 0.1) is 10.4 Å². The lowest BCUT2D eigenvalue weighted by atomic mass is 10.1. The molecule has 3 N–H and O–H groups in total. The standard InChI is InChI=1S/C23H28N6O4S2/c1-15(2)14-28-22(31)21-18(11-13-34-21)29-19(26-27-23(28)29)4-3-5-20(30)25-12-10-16-6-8-17(9-7-16)35(24,32)33/h6-9,11,13,15H,3-5,10,12,14H2,1-2H3,(H,25,30)(H2,24,32,33). The van der Waals surface area contributed by atoms with Gasteiger partial charge in [0.1, 0.15) is 10.5 Å². The molecule has 10 nitrogen and oxygen atoms in total. The molecule has 1 aromatic carbocycles. The van der Waals surface area contributed by atoms with Gasteiger partial charge in [-0.1, -0.05) is 26.0 Å². The Morgan fingerprint density at radius 2 is 1.89 bits per heavy atom. The minimum atomic E-state index is -3.71. The normalized spacial score (nSPS) is 12.1. The van der Waals surface area contributed by atoms with Gasteiger partial charge in [0.2, 0.25) is 21.7 Å². The number of carbonyl (C=O) groups is 1. The van der Waals surface area contributed by atoms with Gasteiger partial charge in [0, 0.05) is 25.9 Å². The molecule has 4 rings (SSSR count). The van der Waals surface area contributed by atoms with E-state index in [9.17, 15) is 18.0 Å². The summed E-state index contributed by atoms with van der Waals surface area (Å²) in [5.41, 5.74) is 1.65. The molecule has 0 spiro atoms. The maximum atomic E-state index is 12.9. The van der Waals surface area contributed by atoms with Crippen LogP contribution in [0.15, 0.2) is 45.4 Å². The molecule has 0 fully saturated rings. The summed E-state index contributed by atoms with van der Waals surface area (Å²) in [6.07, 6.45) is 2.05. The van der Waals surface area contributed by atoms with Gasteiger partial charge in [0.15, 0.2) is 0 Å². The van der Waals surface area contributed by atoms with Crippen molar-refractivity contribution in [1.29, 1.82) is 0 Å². The van der Waals surface area contributed by atoms with Gasteiger partial charge in [-0.15, -0.1) is 21.5 Å². The van der Waals surface area contributed by atoms with Crippen LogP contribution in [0.4, 0.5) is 0 Å². The molecule has 0 saturated carbocycles. The highest BCUT2D eigenvalue weighted by atomic mass is 32.2. The van der Waals surface area contributed by atoms with Crippen LogP contribution in [-0.4, -0.2) is 40.0 Å². The molecule has 0 atom stereocenters. The van der Waals surface area contributed by atoms with Crippen LogP contribution in [0.1, 0.15) is 38.1 Å². The third kappa shape index (κ3) is 5.60. The van der Waals surface area contributed by atoms with E-state index in [1.807, 2.05) is 15.8 Å². The lowest BCUT2D eigenvalue weighted by Crippen LogP contribution is -2.25. The van der Waals surface area contributed by atoms with Crippen LogP contribution in [0.3, 0.4) is 0 Å². The predicted octanol–water partition coefficient (Wildman–Crippen LogP) is 2.09.